The van der Waals surface area contributed by atoms with E-state index in [0.717, 1.165) is 11.1 Å². The second-order valence-corrected chi connectivity index (χ2v) is 5.25. The van der Waals surface area contributed by atoms with Crippen molar-refractivity contribution in [2.45, 2.75) is 13.2 Å². The van der Waals surface area contributed by atoms with Crippen molar-refractivity contribution in [3.05, 3.63) is 77.9 Å². The number of hydrogen-bond donors (Lipinski definition) is 2. The maximum Gasteiger partial charge on any atom is 0.273 e. The lowest BCUT2D eigenvalue weighted by atomic mass is 10.2. The molecule has 0 fully saturated rings. The highest BCUT2D eigenvalue weighted by molar-refractivity contribution is 5.96. The summed E-state index contributed by atoms with van der Waals surface area (Å²) in [5.74, 6) is 0.213. The zero-order chi connectivity index (χ0) is 17.5. The van der Waals surface area contributed by atoms with Crippen LogP contribution in [0, 0.1) is 0 Å². The lowest BCUT2D eigenvalue weighted by Crippen LogP contribution is -2.25. The standard InChI is InChI=1S/C18H17N5O2/c19-17-16(21-8-9-22-17)18(24)23-11-14-6-7-20-15(10-14)25-12-13-4-2-1-3-5-13/h1-10H,11-12H2,(H2,19,22)(H,23,24). The maximum atomic E-state index is 12.1. The fourth-order valence-electron chi connectivity index (χ4n) is 2.16. The Morgan fingerprint density at radius 3 is 2.60 bits per heavy atom. The molecule has 0 radical (unpaired) electrons. The first-order valence-electron chi connectivity index (χ1n) is 7.69. The number of amides is 1. The molecule has 1 aromatic carbocycles. The van der Waals surface area contributed by atoms with E-state index >= 15 is 0 Å². The molecular weight excluding hydrogens is 318 g/mol. The molecule has 126 valence electrons. The Morgan fingerprint density at radius 2 is 1.80 bits per heavy atom. The summed E-state index contributed by atoms with van der Waals surface area (Å²) in [6.07, 6.45) is 4.50. The number of hydrogen-bond acceptors (Lipinski definition) is 6. The van der Waals surface area contributed by atoms with Crippen LogP contribution in [0.3, 0.4) is 0 Å². The van der Waals surface area contributed by atoms with Crippen LogP contribution in [-0.4, -0.2) is 20.9 Å². The number of aromatic nitrogens is 3. The van der Waals surface area contributed by atoms with Crippen LogP contribution >= 0.6 is 0 Å². The van der Waals surface area contributed by atoms with E-state index < -0.39 is 0 Å². The number of anilines is 1. The Bertz CT molecular complexity index is 855. The number of pyridine rings is 1. The molecule has 2 heterocycles. The normalized spacial score (nSPS) is 10.2. The number of nitrogens with zero attached hydrogens (tertiary/aromatic N) is 3. The monoisotopic (exact) mass is 335 g/mol. The van der Waals surface area contributed by atoms with Gasteiger partial charge in [0, 0.05) is 31.2 Å². The zero-order valence-corrected chi connectivity index (χ0v) is 13.4. The molecule has 0 aliphatic rings. The first-order chi connectivity index (χ1) is 12.2. The number of ether oxygens (including phenoxy) is 1. The minimum absolute atomic E-state index is 0.0987. The van der Waals surface area contributed by atoms with Crippen LogP contribution in [0.15, 0.2) is 61.1 Å². The number of carbonyl (C=O) groups is 1. The van der Waals surface area contributed by atoms with E-state index in [-0.39, 0.29) is 17.4 Å². The highest BCUT2D eigenvalue weighted by Gasteiger charge is 2.11. The van der Waals surface area contributed by atoms with Crippen LogP contribution in [0.25, 0.3) is 0 Å². The van der Waals surface area contributed by atoms with Gasteiger partial charge in [0.05, 0.1) is 0 Å². The number of carbonyl (C=O) groups excluding carboxylic acids is 1. The van der Waals surface area contributed by atoms with E-state index in [1.807, 2.05) is 30.3 Å². The van der Waals surface area contributed by atoms with Crippen LogP contribution in [0.4, 0.5) is 5.82 Å². The van der Waals surface area contributed by atoms with E-state index in [0.29, 0.717) is 19.0 Å². The van der Waals surface area contributed by atoms with Crippen LogP contribution in [0.5, 0.6) is 5.88 Å². The maximum absolute atomic E-state index is 12.1. The first kappa shape index (κ1) is 16.4. The van der Waals surface area contributed by atoms with Gasteiger partial charge in [0.25, 0.3) is 5.91 Å². The summed E-state index contributed by atoms with van der Waals surface area (Å²) in [5, 5.41) is 2.75. The van der Waals surface area contributed by atoms with Gasteiger partial charge in [-0.1, -0.05) is 30.3 Å². The minimum atomic E-state index is -0.380. The fourth-order valence-corrected chi connectivity index (χ4v) is 2.16. The van der Waals surface area contributed by atoms with Gasteiger partial charge in [-0.15, -0.1) is 0 Å². The summed E-state index contributed by atoms with van der Waals surface area (Å²) >= 11 is 0. The molecule has 0 aliphatic carbocycles. The zero-order valence-electron chi connectivity index (χ0n) is 13.4. The molecule has 7 nitrogen and oxygen atoms in total. The first-order valence-corrected chi connectivity index (χ1v) is 7.69. The predicted octanol–water partition coefficient (Wildman–Crippen LogP) is 1.96. The van der Waals surface area contributed by atoms with Crippen molar-refractivity contribution >= 4 is 11.7 Å². The summed E-state index contributed by atoms with van der Waals surface area (Å²) in [7, 11) is 0. The molecule has 0 spiro atoms. The van der Waals surface area contributed by atoms with E-state index in [4.69, 9.17) is 10.5 Å². The summed E-state index contributed by atoms with van der Waals surface area (Å²) in [4.78, 5) is 24.1. The molecule has 0 unspecified atom stereocenters. The summed E-state index contributed by atoms with van der Waals surface area (Å²) in [6.45, 7) is 0.735. The summed E-state index contributed by atoms with van der Waals surface area (Å²) in [5.41, 5.74) is 7.67. The van der Waals surface area contributed by atoms with Gasteiger partial charge in [-0.2, -0.15) is 0 Å². The predicted molar refractivity (Wildman–Crippen MR) is 92.6 cm³/mol. The van der Waals surface area contributed by atoms with Gasteiger partial charge in [0.15, 0.2) is 11.5 Å². The average Bonchev–Trinajstić information content (AvgIpc) is 2.66. The lowest BCUT2D eigenvalue weighted by Gasteiger charge is -2.08. The average molecular weight is 335 g/mol. The molecule has 2 aromatic heterocycles. The van der Waals surface area contributed by atoms with Crippen LogP contribution in [-0.2, 0) is 13.2 Å². The molecule has 3 N–H and O–H groups in total. The third kappa shape index (κ3) is 4.51. The third-order valence-electron chi connectivity index (χ3n) is 3.42. The Kier molecular flexibility index (Phi) is 5.16. The second kappa shape index (κ2) is 7.87. The van der Waals surface area contributed by atoms with Crippen LogP contribution < -0.4 is 15.8 Å². The summed E-state index contributed by atoms with van der Waals surface area (Å²) in [6, 6.07) is 13.4. The van der Waals surface area contributed by atoms with Crippen molar-refractivity contribution in [2.75, 3.05) is 5.73 Å². The molecule has 0 atom stereocenters. The highest BCUT2D eigenvalue weighted by atomic mass is 16.5. The molecule has 3 aromatic rings. The Labute approximate surface area is 144 Å². The molecular formula is C18H17N5O2. The molecule has 7 heteroatoms. The lowest BCUT2D eigenvalue weighted by molar-refractivity contribution is 0.0946. The molecule has 0 bridgehead atoms. The van der Waals surface area contributed by atoms with E-state index in [2.05, 4.69) is 20.3 Å². The number of rotatable bonds is 6. The summed E-state index contributed by atoms with van der Waals surface area (Å²) < 4.78 is 5.68. The van der Waals surface area contributed by atoms with Crippen molar-refractivity contribution in [1.29, 1.82) is 0 Å². The van der Waals surface area contributed by atoms with E-state index in [1.54, 1.807) is 18.3 Å². The highest BCUT2D eigenvalue weighted by Crippen LogP contribution is 2.12. The third-order valence-corrected chi connectivity index (χ3v) is 3.42. The largest absolute Gasteiger partial charge is 0.473 e. The molecule has 1 amide bonds. The quantitative estimate of drug-likeness (QED) is 0.714. The van der Waals surface area contributed by atoms with Gasteiger partial charge in [-0.05, 0) is 17.2 Å². The smallest absolute Gasteiger partial charge is 0.273 e. The molecule has 0 saturated carbocycles. The van der Waals surface area contributed by atoms with Crippen molar-refractivity contribution in [1.82, 2.24) is 20.3 Å². The Hall–Kier alpha value is -3.48. The van der Waals surface area contributed by atoms with Crippen LogP contribution in [0.1, 0.15) is 21.6 Å². The van der Waals surface area contributed by atoms with Gasteiger partial charge in [0.1, 0.15) is 6.61 Å². The molecule has 0 saturated heterocycles. The Balaban J connectivity index is 1.58. The van der Waals surface area contributed by atoms with E-state index in [9.17, 15) is 4.79 Å². The van der Waals surface area contributed by atoms with E-state index in [1.165, 1.54) is 12.4 Å². The topological polar surface area (TPSA) is 103 Å². The second-order valence-electron chi connectivity index (χ2n) is 5.25. The minimum Gasteiger partial charge on any atom is -0.473 e. The van der Waals surface area contributed by atoms with Crippen LogP contribution in [0.2, 0.25) is 0 Å². The number of nitrogen functional groups attached to an aromatic ring is 1. The number of nitrogens with one attached hydrogen (secondary N) is 1. The fraction of sp³-hybridized carbons (Fsp3) is 0.111. The van der Waals surface area contributed by atoms with Gasteiger partial charge in [-0.3, -0.25) is 4.79 Å². The van der Waals surface area contributed by atoms with Crippen molar-refractivity contribution < 1.29 is 9.53 Å². The van der Waals surface area contributed by atoms with Gasteiger partial charge in [0.2, 0.25) is 5.88 Å². The number of benzene rings is 1. The van der Waals surface area contributed by atoms with Crippen molar-refractivity contribution in [3.8, 4) is 5.88 Å². The molecule has 3 rings (SSSR count). The van der Waals surface area contributed by atoms with Gasteiger partial charge < -0.3 is 15.8 Å². The van der Waals surface area contributed by atoms with Gasteiger partial charge >= 0.3 is 0 Å². The van der Waals surface area contributed by atoms with Gasteiger partial charge in [-0.25, -0.2) is 15.0 Å². The van der Waals surface area contributed by atoms with Crippen molar-refractivity contribution in [3.63, 3.8) is 0 Å². The SMILES string of the molecule is Nc1nccnc1C(=O)NCc1ccnc(OCc2ccccc2)c1. The Morgan fingerprint density at radius 1 is 1.00 bits per heavy atom. The molecule has 0 aliphatic heterocycles. The number of nitrogens with two attached hydrogens (primary N) is 1. The molecule has 25 heavy (non-hydrogen) atoms. The van der Waals surface area contributed by atoms with Crippen molar-refractivity contribution in [2.24, 2.45) is 0 Å².